The fraction of sp³-hybridized carbons (Fsp3) is 0.0625. The Bertz CT molecular complexity index is 1100. The van der Waals surface area contributed by atoms with Gasteiger partial charge < -0.3 is 0 Å². The fourth-order valence-corrected chi connectivity index (χ4v) is 9.05. The molecule has 0 spiro atoms. The van der Waals surface area contributed by atoms with Gasteiger partial charge in [-0.25, -0.2) is 0 Å². The van der Waals surface area contributed by atoms with E-state index in [4.69, 9.17) is 0 Å². The van der Waals surface area contributed by atoms with Gasteiger partial charge in [0, 0.05) is 12.3 Å². The third kappa shape index (κ3) is 5.53. The Hall–Kier alpha value is -3.04. The molecule has 5 rings (SSSR count). The van der Waals surface area contributed by atoms with Crippen molar-refractivity contribution in [2.24, 2.45) is 0 Å². The number of hydrogen-bond donors (Lipinski definition) is 0. The Morgan fingerprint density at radius 1 is 0.294 bits per heavy atom. The van der Waals surface area contributed by atoms with Crippen molar-refractivity contribution in [2.45, 2.75) is 12.3 Å². The van der Waals surface area contributed by atoms with Gasteiger partial charge in [-0.15, -0.1) is 0 Å². The average molecular weight is 475 g/mol. The predicted molar refractivity (Wildman–Crippen MR) is 152 cm³/mol. The first kappa shape index (κ1) is 22.7. The van der Waals surface area contributed by atoms with E-state index in [1.807, 2.05) is 0 Å². The zero-order chi connectivity index (χ0) is 23.0. The molecule has 0 radical (unpaired) electrons. The summed E-state index contributed by atoms with van der Waals surface area (Å²) in [6, 6.07) is 53.3. The van der Waals surface area contributed by atoms with Crippen molar-refractivity contribution in [3.05, 3.63) is 157 Å². The van der Waals surface area contributed by atoms with Crippen LogP contribution in [0.25, 0.3) is 0 Å². The molecule has 0 nitrogen and oxygen atoms in total. The highest BCUT2D eigenvalue weighted by Gasteiger charge is 2.19. The maximum Gasteiger partial charge on any atom is 0.00103 e. The number of hydrogen-bond acceptors (Lipinski definition) is 0. The van der Waals surface area contributed by atoms with Crippen LogP contribution in [-0.2, 0) is 12.3 Å². The monoisotopic (exact) mass is 474 g/mol. The van der Waals surface area contributed by atoms with E-state index < -0.39 is 15.8 Å². The third-order valence-electron chi connectivity index (χ3n) is 6.05. The van der Waals surface area contributed by atoms with Crippen LogP contribution in [0.15, 0.2) is 146 Å². The summed E-state index contributed by atoms with van der Waals surface area (Å²) >= 11 is 0. The molecule has 0 saturated heterocycles. The van der Waals surface area contributed by atoms with Gasteiger partial charge in [-0.2, -0.15) is 0 Å². The van der Waals surface area contributed by atoms with Crippen LogP contribution in [-0.4, -0.2) is 0 Å². The van der Waals surface area contributed by atoms with Crippen molar-refractivity contribution in [1.29, 1.82) is 0 Å². The highest BCUT2D eigenvalue weighted by molar-refractivity contribution is 7.72. The van der Waals surface area contributed by atoms with Crippen LogP contribution in [0.2, 0.25) is 0 Å². The van der Waals surface area contributed by atoms with Gasteiger partial charge in [0.25, 0.3) is 0 Å². The Balaban J connectivity index is 1.51. The van der Waals surface area contributed by atoms with Crippen LogP contribution in [0.4, 0.5) is 0 Å². The molecule has 0 N–H and O–H groups in total. The Morgan fingerprint density at radius 2 is 0.529 bits per heavy atom. The van der Waals surface area contributed by atoms with Gasteiger partial charge in [-0.3, -0.25) is 0 Å². The SMILES string of the molecule is c1ccc(P(Cc2ccccc2CP(c2ccccc2)c2ccccc2)c2ccccc2)cc1. The van der Waals surface area contributed by atoms with Crippen molar-refractivity contribution >= 4 is 37.1 Å². The van der Waals surface area contributed by atoms with Gasteiger partial charge in [-0.05, 0) is 48.2 Å². The van der Waals surface area contributed by atoms with Crippen molar-refractivity contribution in [1.82, 2.24) is 0 Å². The first-order chi connectivity index (χ1) is 16.9. The molecule has 5 aromatic carbocycles. The second-order valence-corrected chi connectivity index (χ2v) is 12.7. The quantitative estimate of drug-likeness (QED) is 0.214. The van der Waals surface area contributed by atoms with E-state index in [0.717, 1.165) is 12.3 Å². The van der Waals surface area contributed by atoms with Crippen LogP contribution >= 0.6 is 15.8 Å². The zero-order valence-corrected chi connectivity index (χ0v) is 21.0. The molecule has 0 aliphatic rings. The molecular weight excluding hydrogens is 446 g/mol. The molecule has 166 valence electrons. The summed E-state index contributed by atoms with van der Waals surface area (Å²) in [5, 5.41) is 5.75. The van der Waals surface area contributed by atoms with Crippen molar-refractivity contribution < 1.29 is 0 Å². The lowest BCUT2D eigenvalue weighted by Crippen LogP contribution is -2.15. The molecular formula is C32H28P2. The topological polar surface area (TPSA) is 0 Å². The number of rotatable bonds is 8. The maximum atomic E-state index is 2.35. The lowest BCUT2D eigenvalue weighted by Gasteiger charge is -2.23. The molecule has 0 saturated carbocycles. The normalized spacial score (nSPS) is 11.1. The summed E-state index contributed by atoms with van der Waals surface area (Å²) in [7, 11) is -0.939. The van der Waals surface area contributed by atoms with Crippen LogP contribution in [0.3, 0.4) is 0 Å². The largest absolute Gasteiger partial charge is 0.0622 e. The van der Waals surface area contributed by atoms with Gasteiger partial charge >= 0.3 is 0 Å². The van der Waals surface area contributed by atoms with E-state index in [1.54, 1.807) is 0 Å². The van der Waals surface area contributed by atoms with Gasteiger partial charge in [0.05, 0.1) is 0 Å². The summed E-state index contributed by atoms with van der Waals surface area (Å²) < 4.78 is 0. The first-order valence-corrected chi connectivity index (χ1v) is 14.8. The Kier molecular flexibility index (Phi) is 7.62. The molecule has 0 aromatic heterocycles. The van der Waals surface area contributed by atoms with E-state index in [0.29, 0.717) is 0 Å². The molecule has 0 aliphatic heterocycles. The van der Waals surface area contributed by atoms with E-state index >= 15 is 0 Å². The predicted octanol–water partition coefficient (Wildman–Crippen LogP) is 6.95. The second kappa shape index (κ2) is 11.4. The van der Waals surface area contributed by atoms with Gasteiger partial charge in [0.2, 0.25) is 0 Å². The Morgan fingerprint density at radius 3 is 0.794 bits per heavy atom. The molecule has 0 bridgehead atoms. The van der Waals surface area contributed by atoms with Crippen molar-refractivity contribution in [3.63, 3.8) is 0 Å². The third-order valence-corrected chi connectivity index (χ3v) is 11.0. The second-order valence-electron chi connectivity index (χ2n) is 8.28. The molecule has 0 amide bonds. The molecule has 34 heavy (non-hydrogen) atoms. The average Bonchev–Trinajstić information content (AvgIpc) is 2.93. The van der Waals surface area contributed by atoms with Crippen LogP contribution in [0, 0.1) is 0 Å². The van der Waals surface area contributed by atoms with Gasteiger partial charge in [-0.1, -0.05) is 146 Å². The van der Waals surface area contributed by atoms with Crippen LogP contribution in [0.5, 0.6) is 0 Å². The summed E-state index contributed by atoms with van der Waals surface area (Å²) in [4.78, 5) is 0. The molecule has 2 heteroatoms. The highest BCUT2D eigenvalue weighted by Crippen LogP contribution is 2.42. The minimum atomic E-state index is -0.470. The smallest absolute Gasteiger partial charge is 0.00103 e. The fourth-order valence-electron chi connectivity index (χ4n) is 4.30. The van der Waals surface area contributed by atoms with E-state index in [2.05, 4.69) is 146 Å². The first-order valence-electron chi connectivity index (χ1n) is 11.7. The molecule has 0 heterocycles. The Labute approximate surface area is 205 Å². The lowest BCUT2D eigenvalue weighted by atomic mass is 10.1. The van der Waals surface area contributed by atoms with Gasteiger partial charge in [0.15, 0.2) is 0 Å². The summed E-state index contributed by atoms with van der Waals surface area (Å²) in [6.07, 6.45) is 2.12. The molecule has 0 unspecified atom stereocenters. The van der Waals surface area contributed by atoms with Gasteiger partial charge in [0.1, 0.15) is 0 Å². The summed E-state index contributed by atoms with van der Waals surface area (Å²) in [5.41, 5.74) is 2.95. The molecule has 0 aliphatic carbocycles. The minimum absolute atomic E-state index is 0.470. The summed E-state index contributed by atoms with van der Waals surface area (Å²) in [6.45, 7) is 0. The standard InChI is InChI=1S/C32H28P2/c1-5-17-29(18-6-1)33(30-19-7-2-8-20-30)25-27-15-13-14-16-28(27)26-34(31-21-9-3-10-22-31)32-23-11-4-12-24-32/h1-24H,25-26H2. The molecule has 0 fully saturated rings. The highest BCUT2D eigenvalue weighted by atomic mass is 31.1. The minimum Gasteiger partial charge on any atom is -0.0622 e. The zero-order valence-electron chi connectivity index (χ0n) is 19.2. The number of benzene rings is 5. The van der Waals surface area contributed by atoms with Crippen LogP contribution in [0.1, 0.15) is 11.1 Å². The van der Waals surface area contributed by atoms with Crippen LogP contribution < -0.4 is 21.2 Å². The van der Waals surface area contributed by atoms with E-state index in [-0.39, 0.29) is 0 Å². The molecule has 0 atom stereocenters. The summed E-state index contributed by atoms with van der Waals surface area (Å²) in [5.74, 6) is 0. The van der Waals surface area contributed by atoms with E-state index in [1.165, 1.54) is 32.3 Å². The van der Waals surface area contributed by atoms with E-state index in [9.17, 15) is 0 Å². The molecule has 5 aromatic rings. The van der Waals surface area contributed by atoms with Crippen molar-refractivity contribution in [2.75, 3.05) is 0 Å². The van der Waals surface area contributed by atoms with Crippen molar-refractivity contribution in [3.8, 4) is 0 Å². The maximum absolute atomic E-state index is 2.35. The lowest BCUT2D eigenvalue weighted by molar-refractivity contribution is 1.27.